The molecule has 0 radical (unpaired) electrons. The van der Waals surface area contributed by atoms with E-state index >= 15 is 0 Å². The molecule has 11 aromatic heterocycles. The maximum absolute atomic E-state index is 14.9. The van der Waals surface area contributed by atoms with Crippen LogP contribution >= 0.6 is 91.0 Å². The van der Waals surface area contributed by atoms with Gasteiger partial charge in [-0.3, -0.25) is 57.9 Å². The van der Waals surface area contributed by atoms with E-state index < -0.39 is 89.6 Å². The van der Waals surface area contributed by atoms with E-state index in [-0.39, 0.29) is 30.0 Å². The Morgan fingerprint density at radius 1 is 0.456 bits per heavy atom. The number of fused-ring (bicyclic) bond motifs is 2. The number of thiazole rings is 5. The highest BCUT2D eigenvalue weighted by atomic mass is 35.5. The van der Waals surface area contributed by atoms with Gasteiger partial charge in [-0.15, -0.1) is 79.4 Å². The van der Waals surface area contributed by atoms with Crippen molar-refractivity contribution in [3.05, 3.63) is 168 Å². The second-order valence-corrected chi connectivity index (χ2v) is 29.6. The van der Waals surface area contributed by atoms with Crippen LogP contribution in [0.2, 0.25) is 0 Å². The van der Waals surface area contributed by atoms with Gasteiger partial charge in [0.15, 0.2) is 48.8 Å². The van der Waals surface area contributed by atoms with Crippen LogP contribution in [0, 0.1) is 11.6 Å². The van der Waals surface area contributed by atoms with Crippen LogP contribution in [0.3, 0.4) is 0 Å². The molecule has 0 aliphatic heterocycles. The molecule has 13 rings (SSSR count). The van der Waals surface area contributed by atoms with Gasteiger partial charge in [0.1, 0.15) is 43.6 Å². The molecule has 13 aromatic rings. The maximum atomic E-state index is 14.9. The number of imidazole rings is 2. The monoisotopic (exact) mass is 1710 g/mol. The molecule has 0 saturated carbocycles. The van der Waals surface area contributed by atoms with Gasteiger partial charge in [-0.05, 0) is 75.7 Å². The standard InChI is InChI=1S/C25H21FN6O3S2.C19H17FN4OS.C7H8N2O3S.2C6H6N2O3S.C4H5ClO3.C3H4N2S/c1-14(2)32-12-18(29-13-32)21-10-17-24(37-21)20(5-6-27-17)35-19-4-3-15(9-16(19)26)30-22(33)11-23(34)31-25-28-7-8-36-25;1-11(2)24-9-15(23-10-24)18-8-14-19(26-18)17(5-6-22-14)25-16-4-3-12(21)7-13(16)20;1-12-6(11)4-5(10)9-7-8-2-3-13-7;2*9-4(3-5(10)11)8-6-7-1-2-12-6;1-8-4(7)2-3(5)6;4-3-5-1-2-6-3/h3-10,12-14H,11H2,1-2H3,(H,30,33)(H,28,31,34);3-11H,21H2,1-2H3;2-3H,4H2,1H3,(H,8,9,10);2*1-2H,3H2,(H,10,11)(H,7,8,9);2H2,1H3;1-2H,(H2,4,5). The fourth-order valence-corrected chi connectivity index (χ4v) is 13.0. The van der Waals surface area contributed by atoms with Crippen molar-refractivity contribution in [2.45, 2.75) is 71.9 Å². The molecule has 0 bridgehead atoms. The molecule has 0 unspecified atom stereocenters. The third kappa shape index (κ3) is 30.3. The van der Waals surface area contributed by atoms with E-state index in [4.69, 9.17) is 42.8 Å². The zero-order valence-corrected chi connectivity index (χ0v) is 66.8. The van der Waals surface area contributed by atoms with E-state index in [1.54, 1.807) is 77.0 Å². The molecule has 0 spiro atoms. The average molecular weight is 1710 g/mol. The van der Waals surface area contributed by atoms with Gasteiger partial charge in [0, 0.05) is 130 Å². The molecule has 44 heteroatoms. The van der Waals surface area contributed by atoms with Crippen LogP contribution < -0.4 is 47.5 Å². The topological polar surface area (TPSA) is 486 Å². The van der Waals surface area contributed by atoms with Crippen molar-refractivity contribution in [3.63, 3.8) is 0 Å². The number of aliphatic carboxylic acids is 2. The number of hydrogen-bond acceptors (Lipinski definition) is 32. The number of thiophene rings is 2. The van der Waals surface area contributed by atoms with Crippen LogP contribution in [0.15, 0.2) is 156 Å². The third-order valence-corrected chi connectivity index (χ3v) is 19.2. The molecule has 114 heavy (non-hydrogen) atoms. The van der Waals surface area contributed by atoms with Gasteiger partial charge in [0.25, 0.3) is 0 Å². The number of pyridine rings is 2. The van der Waals surface area contributed by atoms with Crippen LogP contribution in [0.25, 0.3) is 41.6 Å². The van der Waals surface area contributed by atoms with Gasteiger partial charge < -0.3 is 76.3 Å². The first-order valence-electron chi connectivity index (χ1n) is 32.5. The SMILES string of the molecule is CC(C)n1cnc(-c2cc3nccc(Oc4ccc(N)cc4F)c3s2)c1.CC(C)n1cnc(-c2cc3nccc(Oc4ccc(NC(=O)CC(=O)Nc5nccs5)cc4F)c3s2)c1.COC(=O)CC(=O)Cl.COC(=O)CC(=O)Nc1nccs1.Nc1nccs1.O=C(O)CC(=O)Nc1nccs1.O=C(O)CC(=O)Nc1nccs1. The van der Waals surface area contributed by atoms with Crippen LogP contribution in [-0.4, -0.2) is 137 Å². The molecule has 11 N–H and O–H groups in total. The van der Waals surface area contributed by atoms with Crippen molar-refractivity contribution in [3.8, 4) is 44.1 Å². The molecule has 0 aliphatic carbocycles. The number of carbonyl (C=O) groups is 10. The minimum atomic E-state index is -1.15. The van der Waals surface area contributed by atoms with Gasteiger partial charge in [-0.1, -0.05) is 0 Å². The first kappa shape index (κ1) is 88.7. The summed E-state index contributed by atoms with van der Waals surface area (Å²) in [5, 5.41) is 39.0. The van der Waals surface area contributed by atoms with Crippen molar-refractivity contribution >= 4 is 207 Å². The molecule has 0 aliphatic rings. The Bertz CT molecular complexity index is 5280. The van der Waals surface area contributed by atoms with E-state index in [0.29, 0.717) is 54.9 Å². The number of methoxy groups -OCH3 is 2. The molecule has 596 valence electrons. The number of nitrogens with zero attached hydrogens (tertiary/aromatic N) is 11. The predicted octanol–water partition coefficient (Wildman–Crippen LogP) is 14.1. The Labute approximate surface area is 678 Å². The van der Waals surface area contributed by atoms with E-state index in [2.05, 4.69) is 109 Å². The van der Waals surface area contributed by atoms with Crippen molar-refractivity contribution in [2.24, 2.45) is 0 Å². The average Bonchev–Trinajstić information content (AvgIpc) is 1.64. The number of nitrogens with two attached hydrogens (primary N) is 2. The normalized spacial score (nSPS) is 10.3. The first-order chi connectivity index (χ1) is 54.5. The fraction of sp³-hybridized carbons (Fsp3) is 0.186. The molecular formula is C70H67ClF2N18O16S7. The summed E-state index contributed by atoms with van der Waals surface area (Å²) in [6.45, 7) is 8.36. The lowest BCUT2D eigenvalue weighted by molar-refractivity contribution is -0.144. The number of anilines is 7. The summed E-state index contributed by atoms with van der Waals surface area (Å²) >= 11 is 14.3. The van der Waals surface area contributed by atoms with Crippen molar-refractivity contribution in [1.29, 1.82) is 0 Å². The highest BCUT2D eigenvalue weighted by Gasteiger charge is 2.20. The number of hydrogen-bond donors (Lipinski definition) is 9. The van der Waals surface area contributed by atoms with Gasteiger partial charge in [0.05, 0.1) is 68.4 Å². The van der Waals surface area contributed by atoms with Crippen molar-refractivity contribution in [2.75, 3.05) is 52.3 Å². The smallest absolute Gasteiger partial charge is 0.315 e. The van der Waals surface area contributed by atoms with E-state index in [9.17, 15) is 56.7 Å². The number of amides is 5. The third-order valence-electron chi connectivity index (χ3n) is 13.4. The zero-order chi connectivity index (χ0) is 82.8. The quantitative estimate of drug-likeness (QED) is 0.0124. The number of halogens is 3. The van der Waals surface area contributed by atoms with E-state index in [0.717, 1.165) is 47.6 Å². The molecule has 11 heterocycles. The minimum absolute atomic E-state index is 0.00829. The summed E-state index contributed by atoms with van der Waals surface area (Å²) in [4.78, 5) is 146. The molecule has 0 fully saturated rings. The summed E-state index contributed by atoms with van der Waals surface area (Å²) in [5.41, 5.74) is 14.6. The van der Waals surface area contributed by atoms with Crippen molar-refractivity contribution in [1.82, 2.24) is 54.0 Å². The lowest BCUT2D eigenvalue weighted by Gasteiger charge is -2.10. The van der Waals surface area contributed by atoms with Crippen molar-refractivity contribution < 1.29 is 85.9 Å². The number of ether oxygens (including phenoxy) is 4. The Morgan fingerprint density at radius 3 is 1.18 bits per heavy atom. The van der Waals surface area contributed by atoms with Crippen LogP contribution in [0.1, 0.15) is 71.9 Å². The number of nitrogen functional groups attached to an aromatic ring is 2. The molecule has 0 atom stereocenters. The van der Waals surface area contributed by atoms with Crippen LogP contribution in [-0.2, 0) is 57.4 Å². The second-order valence-electron chi connectivity index (χ2n) is 22.5. The van der Waals surface area contributed by atoms with E-state index in [1.165, 1.54) is 130 Å². The molecule has 2 aromatic carbocycles. The highest BCUT2D eigenvalue weighted by Crippen LogP contribution is 2.41. The maximum Gasteiger partial charge on any atom is 0.315 e. The van der Waals surface area contributed by atoms with Crippen LogP contribution in [0.4, 0.5) is 45.8 Å². The Balaban J connectivity index is 0.000000202. The number of aromatic nitrogens is 11. The molecule has 0 saturated heterocycles. The fourth-order valence-electron chi connectivity index (χ4n) is 8.28. The summed E-state index contributed by atoms with van der Waals surface area (Å²) in [6, 6.07) is 16.4. The molecule has 5 amide bonds. The lowest BCUT2D eigenvalue weighted by Crippen LogP contribution is -2.21. The van der Waals surface area contributed by atoms with Gasteiger partial charge in [0.2, 0.25) is 34.8 Å². The number of rotatable bonds is 23. The Kier molecular flexibility index (Phi) is 35.1. The summed E-state index contributed by atoms with van der Waals surface area (Å²) in [5.74, 6) is -6.12. The minimum Gasteiger partial charge on any atom is -0.481 e. The molecular weight excluding hydrogens is 1650 g/mol. The number of carboxylic acids is 2. The summed E-state index contributed by atoms with van der Waals surface area (Å²) in [7, 11) is 2.43. The lowest BCUT2D eigenvalue weighted by atomic mass is 10.2. The second kappa shape index (κ2) is 45.1. The Hall–Kier alpha value is -12.5. The number of carbonyl (C=O) groups excluding carboxylic acids is 8. The van der Waals surface area contributed by atoms with Gasteiger partial charge in [-0.2, -0.15) is 0 Å². The predicted molar refractivity (Wildman–Crippen MR) is 431 cm³/mol. The largest absolute Gasteiger partial charge is 0.481 e. The van der Waals surface area contributed by atoms with E-state index in [1.807, 2.05) is 45.4 Å². The number of carboxylic acid groups (broad SMARTS) is 2. The van der Waals surface area contributed by atoms with Crippen LogP contribution in [0.5, 0.6) is 23.0 Å². The summed E-state index contributed by atoms with van der Waals surface area (Å²) < 4.78 is 54.7. The van der Waals surface area contributed by atoms with Gasteiger partial charge >= 0.3 is 23.9 Å². The van der Waals surface area contributed by atoms with Gasteiger partial charge in [-0.25, -0.2) is 43.7 Å². The number of benzene rings is 2. The highest BCUT2D eigenvalue weighted by molar-refractivity contribution is 7.23. The Morgan fingerprint density at radius 2 is 0.842 bits per heavy atom. The molecule has 34 nitrogen and oxygen atoms in total. The zero-order valence-electron chi connectivity index (χ0n) is 60.4. The summed E-state index contributed by atoms with van der Waals surface area (Å²) in [6.07, 6.45) is 16.6. The number of nitrogens with one attached hydrogen (secondary N) is 5. The number of esters is 2. The first-order valence-corrected chi connectivity index (χ1v) is 38.9.